The van der Waals surface area contributed by atoms with Gasteiger partial charge in [-0.3, -0.25) is 9.80 Å². The lowest BCUT2D eigenvalue weighted by Crippen LogP contribution is -3.41. The summed E-state index contributed by atoms with van der Waals surface area (Å²) in [6, 6.07) is 0. The van der Waals surface area contributed by atoms with E-state index in [0.717, 1.165) is 0 Å². The molecule has 0 aromatic rings. The van der Waals surface area contributed by atoms with Gasteiger partial charge in [0, 0.05) is 0 Å². The monoisotopic (exact) mass is 196 g/mol. The molecule has 4 N–H and O–H groups in total. The number of nitrogens with two attached hydrogens (primary N) is 1. The lowest BCUT2D eigenvalue weighted by atomic mass is 9.62. The molecule has 4 saturated heterocycles. The second-order valence-corrected chi connectivity index (χ2v) is 5.98. The number of nitrogens with one attached hydrogen (secondary N) is 2. The van der Waals surface area contributed by atoms with Gasteiger partial charge in [-0.2, -0.15) is 5.10 Å². The van der Waals surface area contributed by atoms with E-state index in [1.54, 1.807) is 9.80 Å². The highest BCUT2D eigenvalue weighted by molar-refractivity contribution is 5.96. The van der Waals surface area contributed by atoms with Crippen LogP contribution in [0, 0.1) is 10.8 Å². The minimum atomic E-state index is 0.281. The van der Waals surface area contributed by atoms with E-state index < -0.39 is 0 Å². The van der Waals surface area contributed by atoms with Gasteiger partial charge in [-0.15, -0.1) is 0 Å². The third-order valence-electron chi connectivity index (χ3n) is 4.33. The van der Waals surface area contributed by atoms with Crippen LogP contribution in [-0.4, -0.2) is 38.6 Å². The number of hydrogen-bond donors (Lipinski definition) is 3. The van der Waals surface area contributed by atoms with Gasteiger partial charge in [-0.05, 0) is 13.8 Å². The minimum absolute atomic E-state index is 0.281. The first-order valence-electron chi connectivity index (χ1n) is 5.52. The fourth-order valence-corrected chi connectivity index (χ4v) is 4.44. The van der Waals surface area contributed by atoms with Gasteiger partial charge in [0.2, 0.25) is 6.67 Å². The average Bonchev–Trinajstić information content (AvgIpc) is 1.97. The van der Waals surface area contributed by atoms with Crippen molar-refractivity contribution in [2.45, 2.75) is 13.8 Å². The van der Waals surface area contributed by atoms with Crippen LogP contribution in [0.4, 0.5) is 0 Å². The van der Waals surface area contributed by atoms with Crippen LogP contribution in [0.1, 0.15) is 13.8 Å². The van der Waals surface area contributed by atoms with Gasteiger partial charge in [0.05, 0.1) is 31.9 Å². The smallest absolute Gasteiger partial charge is 0.204 e. The summed E-state index contributed by atoms with van der Waals surface area (Å²) in [6.45, 7) is 10.9. The summed E-state index contributed by atoms with van der Waals surface area (Å²) >= 11 is 0. The van der Waals surface area contributed by atoms with Crippen molar-refractivity contribution >= 4 is 5.71 Å². The Morgan fingerprint density at radius 2 is 1.50 bits per heavy atom. The topological polar surface area (TPSA) is 47.3 Å². The molecule has 14 heavy (non-hydrogen) atoms. The molecule has 0 radical (unpaired) electrons. The Balaban J connectivity index is 2.10. The van der Waals surface area contributed by atoms with E-state index in [9.17, 15) is 0 Å². The van der Waals surface area contributed by atoms with E-state index in [-0.39, 0.29) is 10.8 Å². The van der Waals surface area contributed by atoms with E-state index in [2.05, 4.69) is 18.9 Å². The summed E-state index contributed by atoms with van der Waals surface area (Å²) in [4.78, 5) is 3.49. The van der Waals surface area contributed by atoms with Gasteiger partial charge < -0.3 is 5.84 Å². The number of piperidine rings is 2. The summed E-state index contributed by atoms with van der Waals surface area (Å²) in [6.07, 6.45) is 0. The van der Waals surface area contributed by atoms with Gasteiger partial charge >= 0.3 is 0 Å². The SMILES string of the molecule is CC12C[NH+]3C[NH+](C1)CC(C)(C3)C2=NN. The molecule has 0 unspecified atom stereocenters. The largest absolute Gasteiger partial charge is 0.323 e. The first-order chi connectivity index (χ1) is 6.56. The van der Waals surface area contributed by atoms with Crippen LogP contribution in [0.2, 0.25) is 0 Å². The van der Waals surface area contributed by atoms with Gasteiger partial charge in [0.15, 0.2) is 0 Å². The number of quaternary nitrogens is 2. The zero-order valence-electron chi connectivity index (χ0n) is 9.06. The van der Waals surface area contributed by atoms with Crippen LogP contribution in [0.15, 0.2) is 5.10 Å². The predicted molar refractivity (Wildman–Crippen MR) is 54.1 cm³/mol. The van der Waals surface area contributed by atoms with Crippen LogP contribution >= 0.6 is 0 Å². The maximum atomic E-state index is 5.59. The van der Waals surface area contributed by atoms with Crippen LogP contribution in [-0.2, 0) is 0 Å². The first kappa shape index (κ1) is 8.68. The standard InChI is InChI=1S/C10H18N4/c1-9-3-13-5-10(2,8(9)12-11)6-14(4-9)7-13/h3-7,11H2,1-2H3/p+2. The lowest BCUT2D eigenvalue weighted by Gasteiger charge is -2.57. The normalized spacial score (nSPS) is 55.1. The molecule has 4 heteroatoms. The predicted octanol–water partition coefficient (Wildman–Crippen LogP) is -2.92. The van der Waals surface area contributed by atoms with Crippen molar-refractivity contribution in [1.29, 1.82) is 0 Å². The number of nitrogens with zero attached hydrogens (tertiary/aromatic N) is 1. The third kappa shape index (κ3) is 0.880. The lowest BCUT2D eigenvalue weighted by molar-refractivity contribution is -1.14. The molecule has 4 fully saturated rings. The van der Waals surface area contributed by atoms with Crippen LogP contribution in [0.5, 0.6) is 0 Å². The van der Waals surface area contributed by atoms with Crippen LogP contribution in [0.3, 0.4) is 0 Å². The second-order valence-electron chi connectivity index (χ2n) is 5.98. The Labute approximate surface area is 84.7 Å². The highest BCUT2D eigenvalue weighted by Gasteiger charge is 2.63. The molecule has 0 aliphatic carbocycles. The van der Waals surface area contributed by atoms with Crippen molar-refractivity contribution in [3.63, 3.8) is 0 Å². The minimum Gasteiger partial charge on any atom is -0.323 e. The Morgan fingerprint density at radius 1 is 1.07 bits per heavy atom. The molecular formula is C10H20N4+2. The van der Waals surface area contributed by atoms with Crippen molar-refractivity contribution in [3.05, 3.63) is 0 Å². The number of hydrazone groups is 1. The van der Waals surface area contributed by atoms with E-state index in [1.807, 2.05) is 0 Å². The van der Waals surface area contributed by atoms with Crippen molar-refractivity contribution < 1.29 is 9.80 Å². The highest BCUT2D eigenvalue weighted by atomic mass is 15.4. The first-order valence-corrected chi connectivity index (χ1v) is 5.52. The summed E-state index contributed by atoms with van der Waals surface area (Å²) < 4.78 is 0. The van der Waals surface area contributed by atoms with E-state index in [0.29, 0.717) is 0 Å². The van der Waals surface area contributed by atoms with Gasteiger partial charge in [0.1, 0.15) is 10.8 Å². The molecule has 4 nitrogen and oxygen atoms in total. The zero-order chi connectivity index (χ0) is 9.97. The van der Waals surface area contributed by atoms with E-state index >= 15 is 0 Å². The molecule has 0 spiro atoms. The Kier molecular flexibility index (Phi) is 1.43. The molecule has 0 aromatic carbocycles. The molecule has 4 aliphatic rings. The van der Waals surface area contributed by atoms with Crippen molar-refractivity contribution in [2.24, 2.45) is 21.8 Å². The number of hydrogen-bond acceptors (Lipinski definition) is 2. The molecule has 4 heterocycles. The van der Waals surface area contributed by atoms with Crippen LogP contribution < -0.4 is 15.6 Å². The van der Waals surface area contributed by atoms with Crippen molar-refractivity contribution in [1.82, 2.24) is 0 Å². The van der Waals surface area contributed by atoms with Gasteiger partial charge in [-0.25, -0.2) is 0 Å². The molecule has 0 amide bonds. The van der Waals surface area contributed by atoms with Crippen molar-refractivity contribution in [2.75, 3.05) is 32.8 Å². The molecule has 4 bridgehead atoms. The fraction of sp³-hybridized carbons (Fsp3) is 0.900. The molecule has 78 valence electrons. The summed E-state index contributed by atoms with van der Waals surface area (Å²) in [5.41, 5.74) is 1.85. The highest BCUT2D eigenvalue weighted by Crippen LogP contribution is 2.34. The quantitative estimate of drug-likeness (QED) is 0.282. The molecule has 0 aromatic heterocycles. The maximum Gasteiger partial charge on any atom is 0.204 e. The fourth-order valence-electron chi connectivity index (χ4n) is 4.44. The average molecular weight is 196 g/mol. The Morgan fingerprint density at radius 3 is 1.86 bits per heavy atom. The zero-order valence-corrected chi connectivity index (χ0v) is 9.06. The maximum absolute atomic E-state index is 5.59. The van der Waals surface area contributed by atoms with Gasteiger partial charge in [0.25, 0.3) is 0 Å². The Bertz CT molecular complexity index is 271. The summed E-state index contributed by atoms with van der Waals surface area (Å²) in [5.74, 6) is 5.59. The second kappa shape index (κ2) is 2.31. The molecular weight excluding hydrogens is 176 g/mol. The Hall–Kier alpha value is -0.610. The molecule has 0 saturated carbocycles. The molecule has 4 aliphatic heterocycles. The van der Waals surface area contributed by atoms with E-state index in [4.69, 9.17) is 5.84 Å². The molecule has 0 atom stereocenters. The summed E-state index contributed by atoms with van der Waals surface area (Å²) in [7, 11) is 0. The van der Waals surface area contributed by atoms with Gasteiger partial charge in [-0.1, -0.05) is 0 Å². The van der Waals surface area contributed by atoms with Crippen LogP contribution in [0.25, 0.3) is 0 Å². The van der Waals surface area contributed by atoms with Crippen molar-refractivity contribution in [3.8, 4) is 0 Å². The number of rotatable bonds is 0. The molecule has 4 rings (SSSR count). The third-order valence-corrected chi connectivity index (χ3v) is 4.33. The summed E-state index contributed by atoms with van der Waals surface area (Å²) in [5, 5.41) is 4.12. The van der Waals surface area contributed by atoms with E-state index in [1.165, 1.54) is 38.6 Å².